The molecule has 0 aliphatic rings. The van der Waals surface area contributed by atoms with Gasteiger partial charge >= 0.3 is 0 Å². The quantitative estimate of drug-likeness (QED) is 0.333. The molecule has 0 saturated carbocycles. The van der Waals surface area contributed by atoms with Gasteiger partial charge in [0.15, 0.2) is 0 Å². The van der Waals surface area contributed by atoms with Crippen molar-refractivity contribution in [3.63, 3.8) is 0 Å². The Morgan fingerprint density at radius 2 is 1.72 bits per heavy atom. The van der Waals surface area contributed by atoms with Crippen LogP contribution in [-0.4, -0.2) is 9.97 Å². The van der Waals surface area contributed by atoms with Gasteiger partial charge in [-0.3, -0.25) is 0 Å². The lowest BCUT2D eigenvalue weighted by Crippen LogP contribution is -1.94. The molecule has 0 bridgehead atoms. The average Bonchev–Trinajstić information content (AvgIpc) is 3.16. The summed E-state index contributed by atoms with van der Waals surface area (Å²) in [6.07, 6.45) is 1.95. The van der Waals surface area contributed by atoms with Gasteiger partial charge in [0.2, 0.25) is 0 Å². The maximum atomic E-state index is 6.51. The van der Waals surface area contributed by atoms with Crippen molar-refractivity contribution in [3.8, 4) is 17.0 Å². The number of benzene rings is 3. The Bertz CT molecular complexity index is 1330. The van der Waals surface area contributed by atoms with Crippen molar-refractivity contribution in [2.45, 2.75) is 6.61 Å². The predicted octanol–water partition coefficient (Wildman–Crippen LogP) is 7.27. The van der Waals surface area contributed by atoms with E-state index in [1.807, 2.05) is 79.0 Å². The van der Waals surface area contributed by atoms with Gasteiger partial charge in [0, 0.05) is 33.1 Å². The predicted molar refractivity (Wildman–Crippen MR) is 120 cm³/mol. The van der Waals surface area contributed by atoms with Gasteiger partial charge < -0.3 is 9.72 Å². The molecule has 142 valence electrons. The fourth-order valence-electron chi connectivity index (χ4n) is 3.44. The van der Waals surface area contributed by atoms with Crippen LogP contribution >= 0.6 is 23.2 Å². The summed E-state index contributed by atoms with van der Waals surface area (Å²) >= 11 is 12.7. The monoisotopic (exact) mass is 418 g/mol. The summed E-state index contributed by atoms with van der Waals surface area (Å²) in [5.74, 6) is 0.803. The van der Waals surface area contributed by atoms with Gasteiger partial charge in [-0.1, -0.05) is 53.5 Å². The first-order chi connectivity index (χ1) is 14.2. The molecule has 0 spiro atoms. The summed E-state index contributed by atoms with van der Waals surface area (Å²) < 4.78 is 5.99. The van der Waals surface area contributed by atoms with Gasteiger partial charge in [0.05, 0.1) is 16.2 Å². The van der Waals surface area contributed by atoms with Gasteiger partial charge in [0.25, 0.3) is 0 Å². The number of halogens is 2. The van der Waals surface area contributed by atoms with E-state index in [0.717, 1.165) is 44.4 Å². The van der Waals surface area contributed by atoms with Crippen LogP contribution in [0.2, 0.25) is 10.0 Å². The second kappa shape index (κ2) is 7.43. The summed E-state index contributed by atoms with van der Waals surface area (Å²) in [6.45, 7) is 0.519. The Kier molecular flexibility index (Phi) is 4.62. The zero-order chi connectivity index (χ0) is 19.8. The number of nitrogens with zero attached hydrogens (tertiary/aromatic N) is 1. The Morgan fingerprint density at radius 1 is 0.862 bits per heavy atom. The maximum Gasteiger partial charge on any atom is 0.120 e. The van der Waals surface area contributed by atoms with E-state index < -0.39 is 0 Å². The molecule has 0 saturated heterocycles. The Balaban J connectivity index is 1.54. The van der Waals surface area contributed by atoms with E-state index >= 15 is 0 Å². The fraction of sp³-hybridized carbons (Fsp3) is 0.0417. The molecule has 0 amide bonds. The van der Waals surface area contributed by atoms with Gasteiger partial charge in [-0.05, 0) is 48.0 Å². The maximum absolute atomic E-state index is 6.51. The third-order valence-electron chi connectivity index (χ3n) is 4.90. The van der Waals surface area contributed by atoms with Gasteiger partial charge in [0.1, 0.15) is 12.4 Å². The molecule has 1 N–H and O–H groups in total. The topological polar surface area (TPSA) is 37.9 Å². The number of rotatable bonds is 4. The van der Waals surface area contributed by atoms with Crippen molar-refractivity contribution in [3.05, 3.63) is 94.6 Å². The Hall–Kier alpha value is -3.01. The van der Waals surface area contributed by atoms with Crippen molar-refractivity contribution in [1.82, 2.24) is 9.97 Å². The van der Waals surface area contributed by atoms with Crippen molar-refractivity contribution < 1.29 is 4.74 Å². The number of fused-ring (bicyclic) bond motifs is 2. The van der Waals surface area contributed by atoms with E-state index in [0.29, 0.717) is 16.7 Å². The van der Waals surface area contributed by atoms with Crippen LogP contribution in [-0.2, 0) is 6.61 Å². The summed E-state index contributed by atoms with van der Waals surface area (Å²) in [5, 5.41) is 3.19. The highest BCUT2D eigenvalue weighted by Crippen LogP contribution is 2.34. The number of aromatic nitrogens is 2. The SMILES string of the molecule is Clc1ccc2c(Cl)cc(-c3c[nH]c4ccc(OCc5ccccc5)cc34)nc2c1. The van der Waals surface area contributed by atoms with Crippen LogP contribution in [0.5, 0.6) is 5.75 Å². The lowest BCUT2D eigenvalue weighted by molar-refractivity contribution is 0.306. The van der Waals surface area contributed by atoms with Crippen LogP contribution in [0.25, 0.3) is 33.1 Å². The van der Waals surface area contributed by atoms with E-state index in [4.69, 9.17) is 32.9 Å². The molecule has 0 atom stereocenters. The number of hydrogen-bond donors (Lipinski definition) is 1. The summed E-state index contributed by atoms with van der Waals surface area (Å²) in [4.78, 5) is 8.08. The first-order valence-electron chi connectivity index (χ1n) is 9.21. The van der Waals surface area contributed by atoms with E-state index in [1.165, 1.54) is 0 Å². The molecule has 3 aromatic carbocycles. The van der Waals surface area contributed by atoms with Crippen molar-refractivity contribution in [2.75, 3.05) is 0 Å². The van der Waals surface area contributed by atoms with Gasteiger partial charge in [-0.15, -0.1) is 0 Å². The molecule has 2 heterocycles. The zero-order valence-electron chi connectivity index (χ0n) is 15.3. The van der Waals surface area contributed by atoms with E-state index in [-0.39, 0.29) is 0 Å². The third kappa shape index (κ3) is 3.55. The summed E-state index contributed by atoms with van der Waals surface area (Å²) in [7, 11) is 0. The molecule has 29 heavy (non-hydrogen) atoms. The zero-order valence-corrected chi connectivity index (χ0v) is 16.8. The van der Waals surface area contributed by atoms with Crippen LogP contribution in [0, 0.1) is 0 Å². The number of aromatic amines is 1. The first-order valence-corrected chi connectivity index (χ1v) is 9.97. The number of hydrogen-bond acceptors (Lipinski definition) is 2. The van der Waals surface area contributed by atoms with Crippen LogP contribution in [0.15, 0.2) is 79.0 Å². The number of nitrogens with one attached hydrogen (secondary N) is 1. The molecule has 2 aromatic heterocycles. The molecule has 0 aliphatic heterocycles. The molecule has 0 aliphatic carbocycles. The second-order valence-corrected chi connectivity index (χ2v) is 7.68. The first kappa shape index (κ1) is 18.0. The minimum Gasteiger partial charge on any atom is -0.489 e. The molecular weight excluding hydrogens is 403 g/mol. The Labute approximate surface area is 177 Å². The number of ether oxygens (including phenoxy) is 1. The molecule has 0 radical (unpaired) electrons. The minimum absolute atomic E-state index is 0.519. The number of H-pyrrole nitrogens is 1. The van der Waals surface area contributed by atoms with Crippen LogP contribution in [0.3, 0.4) is 0 Å². The van der Waals surface area contributed by atoms with E-state index in [2.05, 4.69) is 4.98 Å². The van der Waals surface area contributed by atoms with Crippen molar-refractivity contribution in [1.29, 1.82) is 0 Å². The summed E-state index contributed by atoms with van der Waals surface area (Å²) in [5.41, 5.74) is 4.66. The average molecular weight is 419 g/mol. The largest absolute Gasteiger partial charge is 0.489 e. The third-order valence-corrected chi connectivity index (χ3v) is 5.45. The van der Waals surface area contributed by atoms with Crippen LogP contribution in [0.1, 0.15) is 5.56 Å². The Morgan fingerprint density at radius 3 is 2.59 bits per heavy atom. The lowest BCUT2D eigenvalue weighted by atomic mass is 10.1. The fourth-order valence-corrected chi connectivity index (χ4v) is 3.87. The van der Waals surface area contributed by atoms with Crippen LogP contribution in [0.4, 0.5) is 0 Å². The molecule has 5 heteroatoms. The standard InChI is InChI=1S/C24H16Cl2N2O/c25-16-6-8-18-21(26)12-24(28-23(18)10-16)20-13-27-22-9-7-17(11-19(20)22)29-14-15-4-2-1-3-5-15/h1-13,27H,14H2. The van der Waals surface area contributed by atoms with Crippen LogP contribution < -0.4 is 4.74 Å². The lowest BCUT2D eigenvalue weighted by Gasteiger charge is -2.08. The molecule has 5 rings (SSSR count). The van der Waals surface area contributed by atoms with Gasteiger partial charge in [-0.25, -0.2) is 4.98 Å². The van der Waals surface area contributed by atoms with Crippen molar-refractivity contribution >= 4 is 45.0 Å². The highest BCUT2D eigenvalue weighted by Gasteiger charge is 2.12. The molecule has 5 aromatic rings. The minimum atomic E-state index is 0.519. The normalized spacial score (nSPS) is 11.2. The highest BCUT2D eigenvalue weighted by molar-refractivity contribution is 6.36. The van der Waals surface area contributed by atoms with E-state index in [1.54, 1.807) is 0 Å². The highest BCUT2D eigenvalue weighted by atomic mass is 35.5. The summed E-state index contributed by atoms with van der Waals surface area (Å²) in [6, 6.07) is 23.5. The van der Waals surface area contributed by atoms with Gasteiger partial charge in [-0.2, -0.15) is 0 Å². The molecule has 3 nitrogen and oxygen atoms in total. The number of pyridine rings is 1. The van der Waals surface area contributed by atoms with Crippen molar-refractivity contribution in [2.24, 2.45) is 0 Å². The second-order valence-electron chi connectivity index (χ2n) is 6.83. The smallest absolute Gasteiger partial charge is 0.120 e. The molecular formula is C24H16Cl2N2O. The molecule has 0 unspecified atom stereocenters. The molecule has 0 fully saturated rings. The van der Waals surface area contributed by atoms with E-state index in [9.17, 15) is 0 Å².